The van der Waals surface area contributed by atoms with Gasteiger partial charge in [0, 0.05) is 28.3 Å². The quantitative estimate of drug-likeness (QED) is 0.641. The van der Waals surface area contributed by atoms with Gasteiger partial charge in [-0.05, 0) is 36.4 Å². The van der Waals surface area contributed by atoms with Crippen LogP contribution in [0, 0.1) is 0 Å². The van der Waals surface area contributed by atoms with Gasteiger partial charge in [-0.1, -0.05) is 41.9 Å². The number of hydrogen-bond acceptors (Lipinski definition) is 4. The lowest BCUT2D eigenvalue weighted by molar-refractivity contribution is 0.0938. The van der Waals surface area contributed by atoms with E-state index in [9.17, 15) is 9.59 Å². The second-order valence-corrected chi connectivity index (χ2v) is 6.94. The zero-order chi connectivity index (χ0) is 20.2. The molecule has 0 saturated carbocycles. The van der Waals surface area contributed by atoms with E-state index in [2.05, 4.69) is 5.32 Å². The smallest absolute Gasteiger partial charge is 0.252 e. The highest BCUT2D eigenvalue weighted by Gasteiger charge is 2.20. The molecule has 1 aliphatic rings. The van der Waals surface area contributed by atoms with Gasteiger partial charge in [-0.25, -0.2) is 0 Å². The van der Waals surface area contributed by atoms with Crippen LogP contribution in [0.15, 0.2) is 66.7 Å². The molecular weight excluding hydrogens is 390 g/mol. The first-order valence-corrected chi connectivity index (χ1v) is 9.56. The van der Waals surface area contributed by atoms with Crippen LogP contribution in [-0.4, -0.2) is 24.9 Å². The second kappa shape index (κ2) is 8.37. The molecule has 0 saturated heterocycles. The van der Waals surface area contributed by atoms with Crippen molar-refractivity contribution in [3.8, 4) is 11.5 Å². The molecule has 0 aromatic heterocycles. The molecule has 1 amide bonds. The van der Waals surface area contributed by atoms with Crippen LogP contribution < -0.4 is 14.8 Å². The number of amides is 1. The summed E-state index contributed by atoms with van der Waals surface area (Å²) in [6, 6.07) is 18.9. The molecule has 0 unspecified atom stereocenters. The molecule has 6 heteroatoms. The summed E-state index contributed by atoms with van der Waals surface area (Å²) in [5.74, 6) is 0.740. The summed E-state index contributed by atoms with van der Waals surface area (Å²) in [7, 11) is 0. The number of hydrogen-bond donors (Lipinski definition) is 1. The minimum Gasteiger partial charge on any atom is -0.486 e. The van der Waals surface area contributed by atoms with E-state index in [1.807, 2.05) is 18.2 Å². The highest BCUT2D eigenvalue weighted by Crippen LogP contribution is 2.33. The van der Waals surface area contributed by atoms with Crippen molar-refractivity contribution in [1.82, 2.24) is 5.32 Å². The third-order valence-corrected chi connectivity index (χ3v) is 4.86. The van der Waals surface area contributed by atoms with Crippen LogP contribution in [0.1, 0.15) is 31.8 Å². The molecule has 146 valence electrons. The molecule has 0 aliphatic carbocycles. The largest absolute Gasteiger partial charge is 0.486 e. The van der Waals surface area contributed by atoms with Crippen molar-refractivity contribution in [2.75, 3.05) is 13.2 Å². The van der Waals surface area contributed by atoms with Crippen LogP contribution in [-0.2, 0) is 6.54 Å². The van der Waals surface area contributed by atoms with Crippen molar-refractivity contribution in [3.05, 3.63) is 94.0 Å². The number of para-hydroxylation sites is 1. The number of halogens is 1. The normalized spacial score (nSPS) is 12.3. The van der Waals surface area contributed by atoms with Crippen LogP contribution in [0.2, 0.25) is 5.02 Å². The van der Waals surface area contributed by atoms with Crippen LogP contribution in [0.5, 0.6) is 11.5 Å². The van der Waals surface area contributed by atoms with Crippen LogP contribution in [0.3, 0.4) is 0 Å². The number of benzene rings is 3. The van der Waals surface area contributed by atoms with E-state index in [4.69, 9.17) is 21.1 Å². The van der Waals surface area contributed by atoms with Gasteiger partial charge < -0.3 is 14.8 Å². The molecule has 0 fully saturated rings. The Hall–Kier alpha value is -3.31. The Morgan fingerprint density at radius 2 is 1.59 bits per heavy atom. The number of ether oxygens (including phenoxy) is 2. The van der Waals surface area contributed by atoms with Crippen molar-refractivity contribution >= 4 is 23.3 Å². The maximum atomic E-state index is 12.9. The molecule has 0 spiro atoms. The molecule has 1 N–H and O–H groups in total. The number of nitrogens with one attached hydrogen (secondary N) is 1. The molecule has 3 aromatic rings. The number of carbonyl (C=O) groups excluding carboxylic acids is 2. The highest BCUT2D eigenvalue weighted by molar-refractivity contribution is 6.30. The lowest BCUT2D eigenvalue weighted by Crippen LogP contribution is -2.26. The summed E-state index contributed by atoms with van der Waals surface area (Å²) in [6.07, 6.45) is 0. The van der Waals surface area contributed by atoms with Crippen LogP contribution >= 0.6 is 11.6 Å². The molecule has 0 atom stereocenters. The Bertz CT molecular complexity index is 1060. The first-order valence-electron chi connectivity index (χ1n) is 9.18. The van der Waals surface area contributed by atoms with Gasteiger partial charge in [-0.2, -0.15) is 0 Å². The fourth-order valence-corrected chi connectivity index (χ4v) is 3.31. The third kappa shape index (κ3) is 4.10. The van der Waals surface area contributed by atoms with E-state index >= 15 is 0 Å². The van der Waals surface area contributed by atoms with E-state index < -0.39 is 0 Å². The number of rotatable bonds is 5. The second-order valence-electron chi connectivity index (χ2n) is 6.51. The molecule has 4 rings (SSSR count). The summed E-state index contributed by atoms with van der Waals surface area (Å²) < 4.78 is 11.3. The van der Waals surface area contributed by atoms with E-state index in [1.165, 1.54) is 0 Å². The minimum atomic E-state index is -0.336. The summed E-state index contributed by atoms with van der Waals surface area (Å²) in [5, 5.41) is 3.42. The average Bonchev–Trinajstić information content (AvgIpc) is 2.77. The molecule has 3 aromatic carbocycles. The molecule has 1 aliphatic heterocycles. The molecule has 29 heavy (non-hydrogen) atoms. The predicted octanol–water partition coefficient (Wildman–Crippen LogP) is 4.27. The standard InChI is InChI=1S/C23H18ClNO4/c24-17-10-8-15(9-11-17)21(26)18-5-1-2-6-19(18)23(27)25-14-16-4-3-7-20-22(16)29-13-12-28-20/h1-11H,12-14H2,(H,25,27). The van der Waals surface area contributed by atoms with Gasteiger partial charge >= 0.3 is 0 Å². The predicted molar refractivity (Wildman–Crippen MR) is 110 cm³/mol. The first-order chi connectivity index (χ1) is 14.1. The van der Waals surface area contributed by atoms with E-state index in [0.29, 0.717) is 46.4 Å². The van der Waals surface area contributed by atoms with Gasteiger partial charge in [0.25, 0.3) is 5.91 Å². The lowest BCUT2D eigenvalue weighted by Gasteiger charge is -2.21. The van der Waals surface area contributed by atoms with Gasteiger partial charge in [0.05, 0.1) is 5.56 Å². The van der Waals surface area contributed by atoms with Crippen LogP contribution in [0.4, 0.5) is 0 Å². The van der Waals surface area contributed by atoms with Gasteiger partial charge in [0.1, 0.15) is 13.2 Å². The Balaban J connectivity index is 1.54. The summed E-state index contributed by atoms with van der Waals surface area (Å²) in [4.78, 5) is 25.7. The third-order valence-electron chi connectivity index (χ3n) is 4.61. The maximum absolute atomic E-state index is 12.9. The Morgan fingerprint density at radius 1 is 0.862 bits per heavy atom. The molecule has 5 nitrogen and oxygen atoms in total. The van der Waals surface area contributed by atoms with Crippen molar-refractivity contribution in [3.63, 3.8) is 0 Å². The molecule has 0 bridgehead atoms. The first kappa shape index (κ1) is 19.0. The molecule has 0 radical (unpaired) electrons. The fraction of sp³-hybridized carbons (Fsp3) is 0.130. The molecule has 1 heterocycles. The maximum Gasteiger partial charge on any atom is 0.252 e. The summed E-state index contributed by atoms with van der Waals surface area (Å²) in [5.41, 5.74) is 1.94. The van der Waals surface area contributed by atoms with E-state index in [0.717, 1.165) is 5.56 Å². The summed E-state index contributed by atoms with van der Waals surface area (Å²) >= 11 is 5.90. The summed E-state index contributed by atoms with van der Waals surface area (Å²) in [6.45, 7) is 1.23. The number of ketones is 1. The Labute approximate surface area is 173 Å². The molecular formula is C23H18ClNO4. The van der Waals surface area contributed by atoms with Crippen molar-refractivity contribution in [2.24, 2.45) is 0 Å². The van der Waals surface area contributed by atoms with Crippen molar-refractivity contribution in [2.45, 2.75) is 6.54 Å². The minimum absolute atomic E-state index is 0.235. The van der Waals surface area contributed by atoms with Gasteiger partial charge in [-0.3, -0.25) is 9.59 Å². The van der Waals surface area contributed by atoms with Gasteiger partial charge in [0.2, 0.25) is 0 Å². The van der Waals surface area contributed by atoms with E-state index in [-0.39, 0.29) is 18.2 Å². The highest BCUT2D eigenvalue weighted by atomic mass is 35.5. The lowest BCUT2D eigenvalue weighted by atomic mass is 9.98. The SMILES string of the molecule is O=C(NCc1cccc2c1OCCO2)c1ccccc1C(=O)c1ccc(Cl)cc1. The fourth-order valence-electron chi connectivity index (χ4n) is 3.18. The zero-order valence-corrected chi connectivity index (χ0v) is 16.2. The van der Waals surface area contributed by atoms with Crippen LogP contribution in [0.25, 0.3) is 0 Å². The van der Waals surface area contributed by atoms with Crippen molar-refractivity contribution < 1.29 is 19.1 Å². The van der Waals surface area contributed by atoms with E-state index in [1.54, 1.807) is 48.5 Å². The Kier molecular flexibility index (Phi) is 5.49. The average molecular weight is 408 g/mol. The Morgan fingerprint density at radius 3 is 2.38 bits per heavy atom. The van der Waals surface area contributed by atoms with Gasteiger partial charge in [-0.15, -0.1) is 0 Å². The zero-order valence-electron chi connectivity index (χ0n) is 15.5. The number of fused-ring (bicyclic) bond motifs is 1. The van der Waals surface area contributed by atoms with Gasteiger partial charge in [0.15, 0.2) is 17.3 Å². The van der Waals surface area contributed by atoms with Crippen molar-refractivity contribution in [1.29, 1.82) is 0 Å². The monoisotopic (exact) mass is 407 g/mol. The topological polar surface area (TPSA) is 64.6 Å². The number of carbonyl (C=O) groups is 2.